The number of likely N-dealkylation sites (N-methyl/N-ethyl adjacent to an activating group) is 1. The summed E-state index contributed by atoms with van der Waals surface area (Å²) in [5.41, 5.74) is 1.65. The van der Waals surface area contributed by atoms with E-state index in [0.29, 0.717) is 12.0 Å². The van der Waals surface area contributed by atoms with Gasteiger partial charge < -0.3 is 5.32 Å². The number of thiophene rings is 1. The Morgan fingerprint density at radius 3 is 2.40 bits per heavy atom. The summed E-state index contributed by atoms with van der Waals surface area (Å²) in [4.78, 5) is 1.01. The van der Waals surface area contributed by atoms with Crippen LogP contribution in [0.15, 0.2) is 23.6 Å². The van der Waals surface area contributed by atoms with Gasteiger partial charge in [0.1, 0.15) is 11.6 Å². The molecule has 0 aliphatic heterocycles. The Bertz CT molecular complexity index is 577. The van der Waals surface area contributed by atoms with Crippen molar-refractivity contribution in [3.05, 3.63) is 56.2 Å². The van der Waals surface area contributed by atoms with Crippen LogP contribution in [-0.2, 0) is 6.42 Å². The molecule has 0 spiro atoms. The topological polar surface area (TPSA) is 12.0 Å². The van der Waals surface area contributed by atoms with Gasteiger partial charge in [0.25, 0.3) is 0 Å². The zero-order valence-electron chi connectivity index (χ0n) is 11.3. The van der Waals surface area contributed by atoms with Gasteiger partial charge in [-0.15, -0.1) is 11.3 Å². The van der Waals surface area contributed by atoms with Crippen LogP contribution in [0.3, 0.4) is 0 Å². The number of aryl methyl sites for hydroxylation is 1. The van der Waals surface area contributed by atoms with Crippen molar-refractivity contribution in [1.82, 2.24) is 5.32 Å². The number of benzene rings is 1. The predicted octanol–water partition coefficient (Wildman–Crippen LogP) is 4.88. The van der Waals surface area contributed by atoms with Gasteiger partial charge in [0, 0.05) is 17.0 Å². The van der Waals surface area contributed by atoms with Gasteiger partial charge in [-0.2, -0.15) is 0 Å². The maximum Gasteiger partial charge on any atom is 0.126 e. The normalized spacial score (nSPS) is 12.7. The van der Waals surface area contributed by atoms with E-state index in [1.165, 1.54) is 12.1 Å². The highest BCUT2D eigenvalue weighted by molar-refractivity contribution is 7.10. The second kappa shape index (κ2) is 6.66. The molecule has 0 radical (unpaired) electrons. The molecule has 0 bridgehead atoms. The maximum absolute atomic E-state index is 13.3. The fourth-order valence-electron chi connectivity index (χ4n) is 2.15. The summed E-state index contributed by atoms with van der Waals surface area (Å²) in [6, 6.07) is 3.57. The van der Waals surface area contributed by atoms with E-state index in [4.69, 9.17) is 11.6 Å². The Balaban J connectivity index is 2.27. The van der Waals surface area contributed by atoms with Crippen molar-refractivity contribution in [2.24, 2.45) is 0 Å². The Hall–Kier alpha value is -0.970. The van der Waals surface area contributed by atoms with Crippen LogP contribution in [0.25, 0.3) is 0 Å². The highest BCUT2D eigenvalue weighted by atomic mass is 35.5. The molecule has 0 fully saturated rings. The van der Waals surface area contributed by atoms with E-state index < -0.39 is 11.6 Å². The molecule has 0 saturated heterocycles. The summed E-state index contributed by atoms with van der Waals surface area (Å²) in [5.74, 6) is -1.10. The minimum atomic E-state index is -0.552. The van der Waals surface area contributed by atoms with Gasteiger partial charge >= 0.3 is 0 Å². The molecule has 1 nitrogen and oxygen atoms in total. The molecule has 1 unspecified atom stereocenters. The number of hydrogen-bond acceptors (Lipinski definition) is 2. The van der Waals surface area contributed by atoms with Gasteiger partial charge in [-0.25, -0.2) is 8.78 Å². The minimum absolute atomic E-state index is 0.0348. The van der Waals surface area contributed by atoms with Crippen LogP contribution in [0.2, 0.25) is 5.02 Å². The van der Waals surface area contributed by atoms with Crippen molar-refractivity contribution in [3.8, 4) is 0 Å². The van der Waals surface area contributed by atoms with Crippen LogP contribution in [0.5, 0.6) is 0 Å². The second-order valence-electron chi connectivity index (χ2n) is 4.69. The third kappa shape index (κ3) is 3.57. The summed E-state index contributed by atoms with van der Waals surface area (Å²) >= 11 is 7.86. The second-order valence-corrected chi connectivity index (χ2v) is 5.98. The highest BCUT2D eigenvalue weighted by Gasteiger charge is 2.18. The monoisotopic (exact) mass is 315 g/mol. The molecule has 0 aliphatic rings. The van der Waals surface area contributed by atoms with E-state index in [9.17, 15) is 8.78 Å². The fraction of sp³-hybridized carbons (Fsp3) is 0.333. The van der Waals surface area contributed by atoms with Crippen LogP contribution >= 0.6 is 22.9 Å². The average Bonchev–Trinajstić information content (AvgIpc) is 2.68. The molecule has 1 N–H and O–H groups in total. The molecule has 2 aromatic rings. The molecular weight excluding hydrogens is 300 g/mol. The van der Waals surface area contributed by atoms with Crippen molar-refractivity contribution in [1.29, 1.82) is 0 Å². The lowest BCUT2D eigenvalue weighted by Crippen LogP contribution is -2.22. The Labute approximate surface area is 126 Å². The molecule has 20 heavy (non-hydrogen) atoms. The first-order valence-corrected chi connectivity index (χ1v) is 7.68. The van der Waals surface area contributed by atoms with Crippen LogP contribution in [0, 0.1) is 18.6 Å². The summed E-state index contributed by atoms with van der Waals surface area (Å²) in [7, 11) is 0. The standard InChI is InChI=1S/C15H16ClF2NS/c1-3-19-13(15-14(16)9(2)8-20-15)6-10-4-11(17)7-12(18)5-10/h4-5,7-8,13,19H,3,6H2,1-2H3. The van der Waals surface area contributed by atoms with Gasteiger partial charge in [-0.05, 0) is 48.5 Å². The highest BCUT2D eigenvalue weighted by Crippen LogP contribution is 2.34. The van der Waals surface area contributed by atoms with Crippen LogP contribution in [-0.4, -0.2) is 6.54 Å². The van der Waals surface area contributed by atoms with Gasteiger partial charge in [0.2, 0.25) is 0 Å². The van der Waals surface area contributed by atoms with E-state index >= 15 is 0 Å². The summed E-state index contributed by atoms with van der Waals surface area (Å²) in [5, 5.41) is 6.05. The largest absolute Gasteiger partial charge is 0.309 e. The average molecular weight is 316 g/mol. The fourth-order valence-corrected chi connectivity index (χ4v) is 3.55. The maximum atomic E-state index is 13.3. The molecular formula is C15H16ClF2NS. The molecule has 1 aromatic heterocycles. The number of halogens is 3. The van der Waals surface area contributed by atoms with E-state index in [1.54, 1.807) is 11.3 Å². The van der Waals surface area contributed by atoms with Crippen LogP contribution in [0.4, 0.5) is 8.78 Å². The summed E-state index contributed by atoms with van der Waals surface area (Å²) < 4.78 is 26.5. The molecule has 1 atom stereocenters. The number of hydrogen-bond donors (Lipinski definition) is 1. The molecule has 1 heterocycles. The lowest BCUT2D eigenvalue weighted by Gasteiger charge is -2.17. The SMILES string of the molecule is CCNC(Cc1cc(F)cc(F)c1)c1scc(C)c1Cl. The van der Waals surface area contributed by atoms with E-state index in [2.05, 4.69) is 5.32 Å². The molecule has 1 aromatic carbocycles. The van der Waals surface area contributed by atoms with Crippen molar-refractivity contribution in [3.63, 3.8) is 0 Å². The first kappa shape index (κ1) is 15.4. The van der Waals surface area contributed by atoms with Crippen LogP contribution in [0.1, 0.15) is 29.0 Å². The number of rotatable bonds is 5. The van der Waals surface area contributed by atoms with Gasteiger partial charge in [0.05, 0.1) is 5.02 Å². The first-order valence-electron chi connectivity index (χ1n) is 6.43. The van der Waals surface area contributed by atoms with Crippen molar-refractivity contribution in [2.75, 3.05) is 6.54 Å². The molecule has 2 rings (SSSR count). The smallest absolute Gasteiger partial charge is 0.126 e. The van der Waals surface area contributed by atoms with Crippen molar-refractivity contribution < 1.29 is 8.78 Å². The molecule has 108 valence electrons. The third-order valence-electron chi connectivity index (χ3n) is 3.05. The number of nitrogens with one attached hydrogen (secondary N) is 1. The Kier molecular flexibility index (Phi) is 5.13. The van der Waals surface area contributed by atoms with E-state index in [0.717, 1.165) is 28.1 Å². The summed E-state index contributed by atoms with van der Waals surface area (Å²) in [6.07, 6.45) is 0.502. The lowest BCUT2D eigenvalue weighted by atomic mass is 10.0. The predicted molar refractivity (Wildman–Crippen MR) is 80.5 cm³/mol. The Morgan fingerprint density at radius 2 is 1.90 bits per heavy atom. The van der Waals surface area contributed by atoms with Crippen molar-refractivity contribution >= 4 is 22.9 Å². The van der Waals surface area contributed by atoms with Gasteiger partial charge in [-0.3, -0.25) is 0 Å². The minimum Gasteiger partial charge on any atom is -0.309 e. The first-order chi connectivity index (χ1) is 9.51. The molecule has 0 saturated carbocycles. The molecule has 5 heteroatoms. The van der Waals surface area contributed by atoms with Crippen LogP contribution < -0.4 is 5.32 Å². The Morgan fingerprint density at radius 1 is 1.25 bits per heavy atom. The van der Waals surface area contributed by atoms with E-state index in [-0.39, 0.29) is 6.04 Å². The molecule has 0 aliphatic carbocycles. The zero-order chi connectivity index (χ0) is 14.7. The quantitative estimate of drug-likeness (QED) is 0.829. The zero-order valence-corrected chi connectivity index (χ0v) is 12.9. The molecule has 0 amide bonds. The summed E-state index contributed by atoms with van der Waals surface area (Å²) in [6.45, 7) is 4.70. The van der Waals surface area contributed by atoms with Crippen molar-refractivity contribution in [2.45, 2.75) is 26.3 Å². The van der Waals surface area contributed by atoms with Gasteiger partial charge in [0.15, 0.2) is 0 Å². The van der Waals surface area contributed by atoms with E-state index in [1.807, 2.05) is 19.2 Å². The van der Waals surface area contributed by atoms with Gasteiger partial charge in [-0.1, -0.05) is 18.5 Å². The third-order valence-corrected chi connectivity index (χ3v) is 4.88. The lowest BCUT2D eigenvalue weighted by molar-refractivity contribution is 0.545.